The number of halogens is 2. The van der Waals surface area contributed by atoms with Crippen LogP contribution in [0.25, 0.3) is 0 Å². The van der Waals surface area contributed by atoms with Gasteiger partial charge in [-0.25, -0.2) is 0 Å². The van der Waals surface area contributed by atoms with Crippen molar-refractivity contribution in [3.05, 3.63) is 33.8 Å². The van der Waals surface area contributed by atoms with Crippen molar-refractivity contribution < 1.29 is 4.74 Å². The fraction of sp³-hybridized carbons (Fsp3) is 0.455. The minimum Gasteiger partial charge on any atom is -0.383 e. The van der Waals surface area contributed by atoms with Crippen molar-refractivity contribution in [2.24, 2.45) is 5.73 Å². The van der Waals surface area contributed by atoms with Gasteiger partial charge in [0.1, 0.15) is 0 Å². The number of rotatable bonds is 6. The zero-order valence-corrected chi connectivity index (χ0v) is 10.7. The van der Waals surface area contributed by atoms with Gasteiger partial charge < -0.3 is 15.8 Å². The molecule has 0 saturated heterocycles. The van der Waals surface area contributed by atoms with Gasteiger partial charge in [-0.1, -0.05) is 23.2 Å². The number of nitrogens with two attached hydrogens (primary N) is 1. The van der Waals surface area contributed by atoms with E-state index in [9.17, 15) is 0 Å². The van der Waals surface area contributed by atoms with Crippen molar-refractivity contribution in [3.63, 3.8) is 0 Å². The maximum Gasteiger partial charge on any atom is 0.0587 e. The first-order valence-corrected chi connectivity index (χ1v) is 5.82. The van der Waals surface area contributed by atoms with E-state index >= 15 is 0 Å². The number of nitrogens with one attached hydrogen (secondary N) is 1. The molecule has 0 heterocycles. The van der Waals surface area contributed by atoms with Crippen LogP contribution in [0.4, 0.5) is 0 Å². The Morgan fingerprint density at radius 1 is 1.44 bits per heavy atom. The van der Waals surface area contributed by atoms with Crippen molar-refractivity contribution in [1.82, 2.24) is 5.32 Å². The first-order chi connectivity index (χ1) is 7.69. The Morgan fingerprint density at radius 3 is 2.81 bits per heavy atom. The summed E-state index contributed by atoms with van der Waals surface area (Å²) in [5, 5.41) is 4.59. The van der Waals surface area contributed by atoms with Gasteiger partial charge in [0.25, 0.3) is 0 Å². The van der Waals surface area contributed by atoms with Gasteiger partial charge in [0, 0.05) is 36.3 Å². The third kappa shape index (κ3) is 3.92. The highest BCUT2D eigenvalue weighted by Gasteiger charge is 2.12. The van der Waals surface area contributed by atoms with Crippen LogP contribution in [0.3, 0.4) is 0 Å². The molecule has 0 fully saturated rings. The highest BCUT2D eigenvalue weighted by atomic mass is 35.5. The largest absolute Gasteiger partial charge is 0.383 e. The van der Waals surface area contributed by atoms with Crippen LogP contribution in [0.15, 0.2) is 18.2 Å². The first kappa shape index (κ1) is 13.7. The van der Waals surface area contributed by atoms with E-state index in [1.165, 1.54) is 0 Å². The van der Waals surface area contributed by atoms with E-state index in [1.807, 2.05) is 6.07 Å². The molecule has 0 aromatic heterocycles. The zero-order chi connectivity index (χ0) is 12.0. The molecular formula is C11H16Cl2N2O. The molecule has 1 aromatic rings. The Kier molecular flexibility index (Phi) is 6.09. The van der Waals surface area contributed by atoms with Crippen LogP contribution in [0.1, 0.15) is 11.6 Å². The molecule has 0 aliphatic carbocycles. The predicted molar refractivity (Wildman–Crippen MR) is 68.1 cm³/mol. The van der Waals surface area contributed by atoms with Gasteiger partial charge in [-0.15, -0.1) is 0 Å². The molecule has 1 rings (SSSR count). The lowest BCUT2D eigenvalue weighted by Gasteiger charge is -2.18. The van der Waals surface area contributed by atoms with Crippen molar-refractivity contribution in [3.8, 4) is 0 Å². The van der Waals surface area contributed by atoms with Crippen LogP contribution < -0.4 is 11.1 Å². The molecule has 3 nitrogen and oxygen atoms in total. The highest BCUT2D eigenvalue weighted by Crippen LogP contribution is 2.25. The number of methoxy groups -OCH3 is 1. The Labute approximate surface area is 106 Å². The summed E-state index contributed by atoms with van der Waals surface area (Å²) in [6, 6.07) is 5.37. The molecule has 1 unspecified atom stereocenters. The second kappa shape index (κ2) is 7.09. The number of benzene rings is 1. The van der Waals surface area contributed by atoms with Crippen LogP contribution >= 0.6 is 23.2 Å². The number of ether oxygens (including phenoxy) is 1. The fourth-order valence-corrected chi connectivity index (χ4v) is 1.87. The molecule has 1 atom stereocenters. The van der Waals surface area contributed by atoms with E-state index in [4.69, 9.17) is 33.7 Å². The Balaban J connectivity index is 2.73. The SMILES string of the molecule is COCCNC(CN)c1cc(Cl)ccc1Cl. The summed E-state index contributed by atoms with van der Waals surface area (Å²) in [6.45, 7) is 1.82. The lowest BCUT2D eigenvalue weighted by molar-refractivity contribution is 0.196. The molecule has 16 heavy (non-hydrogen) atoms. The summed E-state index contributed by atoms with van der Waals surface area (Å²) in [7, 11) is 1.66. The maximum absolute atomic E-state index is 6.10. The summed E-state index contributed by atoms with van der Waals surface area (Å²) in [6.07, 6.45) is 0. The molecule has 0 spiro atoms. The summed E-state index contributed by atoms with van der Waals surface area (Å²) < 4.78 is 4.96. The fourth-order valence-electron chi connectivity index (χ4n) is 1.44. The molecule has 1 aromatic carbocycles. The van der Waals surface area contributed by atoms with Crippen LogP contribution in [-0.4, -0.2) is 26.8 Å². The Morgan fingerprint density at radius 2 is 2.19 bits per heavy atom. The van der Waals surface area contributed by atoms with Crippen LogP contribution in [0.5, 0.6) is 0 Å². The second-order valence-electron chi connectivity index (χ2n) is 3.40. The van der Waals surface area contributed by atoms with Gasteiger partial charge in [0.15, 0.2) is 0 Å². The average molecular weight is 263 g/mol. The molecule has 5 heteroatoms. The topological polar surface area (TPSA) is 47.3 Å². The van der Waals surface area contributed by atoms with Gasteiger partial charge in [-0.2, -0.15) is 0 Å². The minimum absolute atomic E-state index is 0.00125. The Hall–Kier alpha value is -0.320. The van der Waals surface area contributed by atoms with Crippen LogP contribution in [0.2, 0.25) is 10.0 Å². The van der Waals surface area contributed by atoms with E-state index in [-0.39, 0.29) is 6.04 Å². The average Bonchev–Trinajstić information content (AvgIpc) is 2.28. The maximum atomic E-state index is 6.10. The number of hydrogen-bond acceptors (Lipinski definition) is 3. The molecule has 3 N–H and O–H groups in total. The second-order valence-corrected chi connectivity index (χ2v) is 4.24. The van der Waals surface area contributed by atoms with Gasteiger partial charge in [0.2, 0.25) is 0 Å². The van der Waals surface area contributed by atoms with Crippen LogP contribution in [0, 0.1) is 0 Å². The van der Waals surface area contributed by atoms with E-state index in [0.717, 1.165) is 12.1 Å². The standard InChI is InChI=1S/C11H16Cl2N2O/c1-16-5-4-15-11(7-14)9-6-8(12)2-3-10(9)13/h2-3,6,11,15H,4-5,7,14H2,1H3. The first-order valence-electron chi connectivity index (χ1n) is 5.06. The Bertz CT molecular complexity index is 334. The van der Waals surface area contributed by atoms with E-state index in [1.54, 1.807) is 19.2 Å². The normalized spacial score (nSPS) is 12.8. The van der Waals surface area contributed by atoms with Crippen LogP contribution in [-0.2, 0) is 4.74 Å². The van der Waals surface area contributed by atoms with E-state index in [2.05, 4.69) is 5.32 Å². The lowest BCUT2D eigenvalue weighted by Crippen LogP contribution is -2.30. The van der Waals surface area contributed by atoms with Gasteiger partial charge in [-0.05, 0) is 23.8 Å². The van der Waals surface area contributed by atoms with Gasteiger partial charge >= 0.3 is 0 Å². The molecule has 0 aliphatic heterocycles. The summed E-state index contributed by atoms with van der Waals surface area (Å²) in [5.41, 5.74) is 6.62. The third-order valence-corrected chi connectivity index (χ3v) is 2.85. The van der Waals surface area contributed by atoms with Gasteiger partial charge in [-0.3, -0.25) is 0 Å². The van der Waals surface area contributed by atoms with Crippen molar-refractivity contribution in [1.29, 1.82) is 0 Å². The van der Waals surface area contributed by atoms with Crippen molar-refractivity contribution in [2.75, 3.05) is 26.8 Å². The van der Waals surface area contributed by atoms with E-state index in [0.29, 0.717) is 23.2 Å². The molecular weight excluding hydrogens is 247 g/mol. The monoisotopic (exact) mass is 262 g/mol. The lowest BCUT2D eigenvalue weighted by atomic mass is 10.1. The summed E-state index contributed by atoms with van der Waals surface area (Å²) >= 11 is 12.0. The molecule has 90 valence electrons. The zero-order valence-electron chi connectivity index (χ0n) is 9.17. The van der Waals surface area contributed by atoms with Crippen molar-refractivity contribution >= 4 is 23.2 Å². The quantitative estimate of drug-likeness (QED) is 0.774. The summed E-state index contributed by atoms with van der Waals surface area (Å²) in [5.74, 6) is 0. The summed E-state index contributed by atoms with van der Waals surface area (Å²) in [4.78, 5) is 0. The van der Waals surface area contributed by atoms with Gasteiger partial charge in [0.05, 0.1) is 6.61 Å². The minimum atomic E-state index is 0.00125. The molecule has 0 saturated carbocycles. The number of hydrogen-bond donors (Lipinski definition) is 2. The molecule has 0 aliphatic rings. The predicted octanol–water partition coefficient (Wildman–Crippen LogP) is 2.23. The van der Waals surface area contributed by atoms with E-state index < -0.39 is 0 Å². The molecule has 0 amide bonds. The third-order valence-electron chi connectivity index (χ3n) is 2.27. The smallest absolute Gasteiger partial charge is 0.0587 e. The van der Waals surface area contributed by atoms with Crippen molar-refractivity contribution in [2.45, 2.75) is 6.04 Å². The molecule has 0 bridgehead atoms. The highest BCUT2D eigenvalue weighted by molar-refractivity contribution is 6.33. The molecule has 0 radical (unpaired) electrons.